The Morgan fingerprint density at radius 2 is 2.00 bits per heavy atom. The molecule has 1 aliphatic rings. The third-order valence-electron chi connectivity index (χ3n) is 3.92. The predicted molar refractivity (Wildman–Crippen MR) is 84.0 cm³/mol. The Balaban J connectivity index is 1.84. The second-order valence-electron chi connectivity index (χ2n) is 5.45. The monoisotopic (exact) mass is 293 g/mol. The van der Waals surface area contributed by atoms with Gasteiger partial charge in [0.05, 0.1) is 6.10 Å². The van der Waals surface area contributed by atoms with Crippen LogP contribution in [0, 0.1) is 5.92 Å². The van der Waals surface area contributed by atoms with E-state index >= 15 is 0 Å². The van der Waals surface area contributed by atoms with Crippen LogP contribution in [0.2, 0.25) is 0 Å². The van der Waals surface area contributed by atoms with E-state index in [-0.39, 0.29) is 17.9 Å². The van der Waals surface area contributed by atoms with Crippen LogP contribution in [0.1, 0.15) is 41.6 Å². The van der Waals surface area contributed by atoms with Crippen LogP contribution in [0.15, 0.2) is 24.3 Å². The van der Waals surface area contributed by atoms with Crippen molar-refractivity contribution in [1.29, 1.82) is 0 Å². The molecule has 1 aromatic carbocycles. The van der Waals surface area contributed by atoms with Crippen LogP contribution < -0.4 is 5.32 Å². The number of aliphatic hydroxyl groups is 1. The van der Waals surface area contributed by atoms with Crippen LogP contribution in [0.3, 0.4) is 0 Å². The molecule has 1 saturated carbocycles. The smallest absolute Gasteiger partial charge is 0.251 e. The third-order valence-corrected chi connectivity index (χ3v) is 4.54. The Labute approximate surface area is 125 Å². The quantitative estimate of drug-likeness (QED) is 0.877. The van der Waals surface area contributed by atoms with E-state index in [0.29, 0.717) is 12.1 Å². The molecule has 2 unspecified atom stereocenters. The first-order valence-corrected chi connectivity index (χ1v) is 8.64. The van der Waals surface area contributed by atoms with Crippen molar-refractivity contribution in [3.8, 4) is 0 Å². The number of amides is 1. The van der Waals surface area contributed by atoms with Crippen molar-refractivity contribution < 1.29 is 9.90 Å². The number of thioether (sulfide) groups is 1. The zero-order valence-corrected chi connectivity index (χ0v) is 12.8. The van der Waals surface area contributed by atoms with Crippen LogP contribution in [-0.4, -0.2) is 29.9 Å². The number of benzene rings is 1. The van der Waals surface area contributed by atoms with Crippen LogP contribution in [-0.2, 0) is 5.75 Å². The Hall–Kier alpha value is -1.00. The highest BCUT2D eigenvalue weighted by Gasteiger charge is 2.23. The molecule has 1 amide bonds. The minimum Gasteiger partial charge on any atom is -0.393 e. The lowest BCUT2D eigenvalue weighted by molar-refractivity contribution is 0.0663. The summed E-state index contributed by atoms with van der Waals surface area (Å²) in [6.07, 6.45) is 5.94. The predicted octanol–water partition coefficient (Wildman–Crippen LogP) is 2.83. The number of rotatable bonds is 5. The molecule has 110 valence electrons. The van der Waals surface area contributed by atoms with Crippen molar-refractivity contribution in [2.45, 2.75) is 37.5 Å². The van der Waals surface area contributed by atoms with Crippen molar-refractivity contribution in [2.75, 3.05) is 12.8 Å². The van der Waals surface area contributed by atoms with Crippen molar-refractivity contribution in [3.63, 3.8) is 0 Å². The molecule has 1 aromatic rings. The summed E-state index contributed by atoms with van der Waals surface area (Å²) < 4.78 is 0. The molecule has 0 heterocycles. The molecule has 2 N–H and O–H groups in total. The van der Waals surface area contributed by atoms with Gasteiger partial charge in [0.2, 0.25) is 0 Å². The maximum Gasteiger partial charge on any atom is 0.251 e. The fourth-order valence-corrected chi connectivity index (χ4v) is 3.20. The second-order valence-corrected chi connectivity index (χ2v) is 6.32. The first-order valence-electron chi connectivity index (χ1n) is 7.25. The van der Waals surface area contributed by atoms with E-state index in [1.165, 1.54) is 5.56 Å². The molecule has 0 spiro atoms. The van der Waals surface area contributed by atoms with Gasteiger partial charge in [-0.15, -0.1) is 0 Å². The van der Waals surface area contributed by atoms with Crippen LogP contribution in [0.25, 0.3) is 0 Å². The minimum absolute atomic E-state index is 0.0431. The maximum absolute atomic E-state index is 12.1. The number of aliphatic hydroxyl groups excluding tert-OH is 1. The average molecular weight is 293 g/mol. The van der Waals surface area contributed by atoms with Gasteiger partial charge in [0.25, 0.3) is 5.91 Å². The number of carbonyl (C=O) groups excluding carboxylic acids is 1. The topological polar surface area (TPSA) is 49.3 Å². The molecule has 3 nitrogen and oxygen atoms in total. The zero-order valence-electron chi connectivity index (χ0n) is 12.0. The number of hydrogen-bond acceptors (Lipinski definition) is 3. The van der Waals surface area contributed by atoms with Crippen molar-refractivity contribution in [1.82, 2.24) is 5.32 Å². The molecule has 2 atom stereocenters. The van der Waals surface area contributed by atoms with Crippen molar-refractivity contribution >= 4 is 17.7 Å². The highest BCUT2D eigenvalue weighted by atomic mass is 32.2. The Kier molecular flexibility index (Phi) is 5.92. The molecule has 0 aromatic heterocycles. The minimum atomic E-state index is -0.256. The van der Waals surface area contributed by atoms with Crippen LogP contribution in [0.4, 0.5) is 0 Å². The lowest BCUT2D eigenvalue weighted by atomic mass is 9.86. The molecule has 1 aliphatic carbocycles. The highest BCUT2D eigenvalue weighted by molar-refractivity contribution is 7.97. The molecule has 20 heavy (non-hydrogen) atoms. The van der Waals surface area contributed by atoms with E-state index in [0.717, 1.165) is 31.4 Å². The summed E-state index contributed by atoms with van der Waals surface area (Å²) >= 11 is 1.77. The van der Waals surface area contributed by atoms with Gasteiger partial charge >= 0.3 is 0 Å². The van der Waals surface area contributed by atoms with Gasteiger partial charge in [0.1, 0.15) is 0 Å². The largest absolute Gasteiger partial charge is 0.393 e. The normalized spacial score (nSPS) is 22.5. The number of carbonyl (C=O) groups is 1. The first-order chi connectivity index (χ1) is 9.70. The Bertz CT molecular complexity index is 433. The molecular weight excluding hydrogens is 270 g/mol. The van der Waals surface area contributed by atoms with E-state index in [4.69, 9.17) is 0 Å². The summed E-state index contributed by atoms with van der Waals surface area (Å²) in [4.78, 5) is 12.1. The Morgan fingerprint density at radius 1 is 1.30 bits per heavy atom. The van der Waals surface area contributed by atoms with Gasteiger partial charge in [-0.1, -0.05) is 25.0 Å². The van der Waals surface area contributed by atoms with Crippen LogP contribution in [0.5, 0.6) is 0 Å². The van der Waals surface area contributed by atoms with Crippen molar-refractivity contribution in [3.05, 3.63) is 35.4 Å². The second kappa shape index (κ2) is 7.70. The summed E-state index contributed by atoms with van der Waals surface area (Å²) in [5, 5.41) is 12.8. The fraction of sp³-hybridized carbons (Fsp3) is 0.562. The molecule has 2 rings (SSSR count). The van der Waals surface area contributed by atoms with Gasteiger partial charge in [-0.3, -0.25) is 4.79 Å². The molecule has 0 saturated heterocycles. The standard InChI is InChI=1S/C16H23NO2S/c1-20-11-12-6-8-13(9-7-12)16(19)17-10-14-4-2-3-5-15(14)18/h6-9,14-15,18H,2-5,10-11H2,1H3,(H,17,19). The lowest BCUT2D eigenvalue weighted by Gasteiger charge is -2.27. The van der Waals surface area contributed by atoms with E-state index < -0.39 is 0 Å². The van der Waals surface area contributed by atoms with Crippen LogP contribution >= 0.6 is 11.8 Å². The molecule has 0 aliphatic heterocycles. The van der Waals surface area contributed by atoms with Crippen molar-refractivity contribution in [2.24, 2.45) is 5.92 Å². The van der Waals surface area contributed by atoms with Gasteiger partial charge in [-0.05, 0) is 36.8 Å². The summed E-state index contributed by atoms with van der Waals surface area (Å²) in [6.45, 7) is 0.576. The van der Waals surface area contributed by atoms with Gasteiger partial charge < -0.3 is 10.4 Å². The average Bonchev–Trinajstić information content (AvgIpc) is 2.47. The third kappa shape index (κ3) is 4.25. The molecule has 0 bridgehead atoms. The summed E-state index contributed by atoms with van der Waals surface area (Å²) in [6, 6.07) is 7.75. The summed E-state index contributed by atoms with van der Waals surface area (Å²) in [5.41, 5.74) is 1.93. The molecular formula is C16H23NO2S. The van der Waals surface area contributed by atoms with E-state index in [9.17, 15) is 9.90 Å². The first kappa shape index (κ1) is 15.4. The number of nitrogens with one attached hydrogen (secondary N) is 1. The highest BCUT2D eigenvalue weighted by Crippen LogP contribution is 2.23. The zero-order chi connectivity index (χ0) is 14.4. The molecule has 4 heteroatoms. The van der Waals surface area contributed by atoms with E-state index in [1.807, 2.05) is 24.3 Å². The number of hydrogen-bond donors (Lipinski definition) is 2. The SMILES string of the molecule is CSCc1ccc(C(=O)NCC2CCCCC2O)cc1. The van der Waals surface area contributed by atoms with Gasteiger partial charge in [0.15, 0.2) is 0 Å². The Morgan fingerprint density at radius 3 is 2.65 bits per heavy atom. The van der Waals surface area contributed by atoms with E-state index in [1.54, 1.807) is 11.8 Å². The van der Waals surface area contributed by atoms with Gasteiger partial charge in [-0.25, -0.2) is 0 Å². The van der Waals surface area contributed by atoms with Gasteiger partial charge in [-0.2, -0.15) is 11.8 Å². The van der Waals surface area contributed by atoms with E-state index in [2.05, 4.69) is 11.6 Å². The summed E-state index contributed by atoms with van der Waals surface area (Å²) in [5.74, 6) is 1.14. The molecule has 1 fully saturated rings. The molecule has 0 radical (unpaired) electrons. The fourth-order valence-electron chi connectivity index (χ4n) is 2.67. The maximum atomic E-state index is 12.1. The lowest BCUT2D eigenvalue weighted by Crippen LogP contribution is -2.36. The van der Waals surface area contributed by atoms with Gasteiger partial charge in [0, 0.05) is 23.8 Å². The summed E-state index contributed by atoms with van der Waals surface area (Å²) in [7, 11) is 0.